The van der Waals surface area contributed by atoms with E-state index in [0.717, 1.165) is 0 Å². The highest BCUT2D eigenvalue weighted by Crippen LogP contribution is 2.75. The Hall–Kier alpha value is -1.54. The topological polar surface area (TPSA) is 124 Å². The van der Waals surface area contributed by atoms with Crippen molar-refractivity contribution in [1.82, 2.24) is 0 Å². The van der Waals surface area contributed by atoms with E-state index in [1.807, 2.05) is 13.8 Å². The van der Waals surface area contributed by atoms with E-state index < -0.39 is 63.7 Å². The van der Waals surface area contributed by atoms with Gasteiger partial charge in [0.1, 0.15) is 17.3 Å². The third-order valence-corrected chi connectivity index (χ3v) is 8.30. The van der Waals surface area contributed by atoms with Crippen LogP contribution >= 0.6 is 0 Å². The molecule has 0 heterocycles. The second-order valence-corrected chi connectivity index (χ2v) is 10.00. The van der Waals surface area contributed by atoms with Crippen molar-refractivity contribution in [3.05, 3.63) is 23.3 Å². The fraction of sp³-hybridized carbons (Fsp3) is 0.727. The molecule has 0 amide bonds. The van der Waals surface area contributed by atoms with Crippen molar-refractivity contribution < 1.29 is 36.2 Å². The molecule has 29 heavy (non-hydrogen) atoms. The van der Waals surface area contributed by atoms with Gasteiger partial charge in [-0.05, 0) is 18.1 Å². The largest absolute Gasteiger partial charge is 0.459 e. The number of hydrogen-bond acceptors (Lipinski definition) is 7. The van der Waals surface area contributed by atoms with E-state index in [-0.39, 0.29) is 14.5 Å². The standard InChI is InChI=1S/C22H30O7.H2/c1-10-6-15-20(26,17(10)25)8-13(9-23)7-14-16-19(4,5)22(16,28)18(29-12(3)24)11(2)21(14,15)27;/h6-7,11,14-16,18,23,26-28H,8-9H2,1-5H3;1H/t11-,14+,15?,16-,18-,20-,21-,22-;/m1./s1. The van der Waals surface area contributed by atoms with Crippen molar-refractivity contribution in [2.75, 3.05) is 6.61 Å². The Morgan fingerprint density at radius 1 is 1.28 bits per heavy atom. The second kappa shape index (κ2) is 5.78. The number of aliphatic hydroxyl groups is 4. The molecule has 0 bridgehead atoms. The van der Waals surface area contributed by atoms with Crippen LogP contribution in [0, 0.1) is 29.1 Å². The van der Waals surface area contributed by atoms with Crippen molar-refractivity contribution in [3.63, 3.8) is 0 Å². The van der Waals surface area contributed by atoms with Crippen LogP contribution in [0.2, 0.25) is 0 Å². The van der Waals surface area contributed by atoms with Crippen LogP contribution in [0.4, 0.5) is 0 Å². The molecule has 0 saturated heterocycles. The van der Waals surface area contributed by atoms with Gasteiger partial charge < -0.3 is 25.2 Å². The number of aliphatic hydroxyl groups excluding tert-OH is 1. The summed E-state index contributed by atoms with van der Waals surface area (Å²) in [6.45, 7) is 7.90. The monoisotopic (exact) mass is 408 g/mol. The minimum Gasteiger partial charge on any atom is -0.459 e. The predicted octanol–water partition coefficient (Wildman–Crippen LogP) is 0.747. The fourth-order valence-corrected chi connectivity index (χ4v) is 6.79. The summed E-state index contributed by atoms with van der Waals surface area (Å²) in [6.07, 6.45) is 2.25. The highest BCUT2D eigenvalue weighted by Gasteiger charge is 2.85. The van der Waals surface area contributed by atoms with Gasteiger partial charge in [-0.15, -0.1) is 0 Å². The zero-order chi connectivity index (χ0) is 21.7. The van der Waals surface area contributed by atoms with Gasteiger partial charge in [0.2, 0.25) is 0 Å². The Morgan fingerprint density at radius 3 is 2.45 bits per heavy atom. The number of carbonyl (C=O) groups is 2. The molecule has 0 radical (unpaired) electrons. The zero-order valence-corrected chi connectivity index (χ0v) is 17.5. The highest BCUT2D eigenvalue weighted by molar-refractivity contribution is 6.04. The Kier molecular flexibility index (Phi) is 4.13. The van der Waals surface area contributed by atoms with Crippen LogP contribution in [0.3, 0.4) is 0 Å². The summed E-state index contributed by atoms with van der Waals surface area (Å²) < 4.78 is 5.53. The third-order valence-electron chi connectivity index (χ3n) is 8.30. The van der Waals surface area contributed by atoms with Crippen LogP contribution in [-0.2, 0) is 14.3 Å². The SMILES string of the molecule is CC(=O)O[C@@H]1[C@@H](C)[C@]2(O)C3C=C(C)C(=O)[C@@]3(O)CC(CO)=C[C@H]2[C@@H]2C(C)(C)[C@]12O.[HH]. The lowest BCUT2D eigenvalue weighted by Gasteiger charge is -2.52. The van der Waals surface area contributed by atoms with Crippen LogP contribution in [0.5, 0.6) is 0 Å². The number of rotatable bonds is 2. The van der Waals surface area contributed by atoms with E-state index in [9.17, 15) is 30.0 Å². The lowest BCUT2D eigenvalue weighted by atomic mass is 9.59. The molecular weight excluding hydrogens is 376 g/mol. The molecule has 4 aliphatic carbocycles. The maximum Gasteiger partial charge on any atom is 0.303 e. The zero-order valence-electron chi connectivity index (χ0n) is 17.5. The van der Waals surface area contributed by atoms with Crippen LogP contribution in [0.1, 0.15) is 42.5 Å². The second-order valence-electron chi connectivity index (χ2n) is 10.00. The first-order valence-corrected chi connectivity index (χ1v) is 10.2. The molecule has 0 aromatic carbocycles. The van der Waals surface area contributed by atoms with E-state index in [0.29, 0.717) is 11.1 Å². The molecule has 4 rings (SSSR count). The molecular formula is C22H32O7. The molecule has 0 aromatic heterocycles. The highest BCUT2D eigenvalue weighted by atomic mass is 16.6. The first kappa shape index (κ1) is 20.7. The molecule has 7 heteroatoms. The van der Waals surface area contributed by atoms with Crippen LogP contribution < -0.4 is 0 Å². The van der Waals surface area contributed by atoms with Crippen molar-refractivity contribution in [2.24, 2.45) is 29.1 Å². The van der Waals surface area contributed by atoms with E-state index in [2.05, 4.69) is 0 Å². The van der Waals surface area contributed by atoms with Gasteiger partial charge in [-0.2, -0.15) is 0 Å². The molecule has 4 N–H and O–H groups in total. The first-order valence-electron chi connectivity index (χ1n) is 10.2. The lowest BCUT2D eigenvalue weighted by Crippen LogP contribution is -2.65. The number of hydrogen-bond donors (Lipinski definition) is 4. The van der Waals surface area contributed by atoms with Crippen LogP contribution in [0.25, 0.3) is 0 Å². The van der Waals surface area contributed by atoms with Gasteiger partial charge >= 0.3 is 5.97 Å². The van der Waals surface area contributed by atoms with Gasteiger partial charge in [0.05, 0.1) is 12.2 Å². The Labute approximate surface area is 171 Å². The van der Waals surface area contributed by atoms with E-state index in [1.165, 1.54) is 6.92 Å². The van der Waals surface area contributed by atoms with Crippen LogP contribution in [-0.4, -0.2) is 61.7 Å². The molecule has 0 spiro atoms. The first-order chi connectivity index (χ1) is 13.3. The normalized spacial score (nSPS) is 49.8. The Bertz CT molecular complexity index is 864. The molecule has 1 unspecified atom stereocenters. The van der Waals surface area contributed by atoms with Crippen LogP contribution in [0.15, 0.2) is 23.3 Å². The number of Topliss-reactive ketones (excluding diaryl/α,β-unsaturated/α-hetero) is 1. The number of ether oxygens (including phenoxy) is 1. The summed E-state index contributed by atoms with van der Waals surface area (Å²) in [6, 6.07) is 0. The van der Waals surface area contributed by atoms with Crippen molar-refractivity contribution in [2.45, 2.75) is 63.9 Å². The molecule has 4 aliphatic rings. The van der Waals surface area contributed by atoms with E-state index in [1.54, 1.807) is 26.0 Å². The maximum absolute atomic E-state index is 12.9. The summed E-state index contributed by atoms with van der Waals surface area (Å²) in [4.78, 5) is 24.7. The summed E-state index contributed by atoms with van der Waals surface area (Å²) in [5.41, 5.74) is -4.74. The van der Waals surface area contributed by atoms with Crippen molar-refractivity contribution in [3.8, 4) is 0 Å². The minimum atomic E-state index is -1.88. The summed E-state index contributed by atoms with van der Waals surface area (Å²) in [7, 11) is 0. The number of esters is 1. The lowest BCUT2D eigenvalue weighted by molar-refractivity contribution is -0.220. The average Bonchev–Trinajstić information content (AvgIpc) is 3.02. The molecule has 162 valence electrons. The minimum absolute atomic E-state index is 0. The van der Waals surface area contributed by atoms with E-state index in [4.69, 9.17) is 4.74 Å². The van der Waals surface area contributed by atoms with Gasteiger partial charge in [-0.25, -0.2) is 0 Å². The quantitative estimate of drug-likeness (QED) is 0.392. The van der Waals surface area contributed by atoms with Gasteiger partial charge in [0, 0.05) is 43.9 Å². The van der Waals surface area contributed by atoms with Crippen molar-refractivity contribution in [1.29, 1.82) is 0 Å². The number of carbonyl (C=O) groups excluding carboxylic acids is 2. The average molecular weight is 408 g/mol. The predicted molar refractivity (Wildman–Crippen MR) is 104 cm³/mol. The van der Waals surface area contributed by atoms with E-state index >= 15 is 0 Å². The van der Waals surface area contributed by atoms with Crippen molar-refractivity contribution >= 4 is 11.8 Å². The summed E-state index contributed by atoms with van der Waals surface area (Å²) >= 11 is 0. The smallest absolute Gasteiger partial charge is 0.303 e. The number of fused-ring (bicyclic) bond motifs is 5. The third kappa shape index (κ3) is 2.22. The van der Waals surface area contributed by atoms with Gasteiger partial charge in [0.15, 0.2) is 5.78 Å². The molecule has 0 aromatic rings. The van der Waals surface area contributed by atoms with Gasteiger partial charge in [-0.3, -0.25) is 9.59 Å². The summed E-state index contributed by atoms with van der Waals surface area (Å²) in [5.74, 6) is -3.83. The fourth-order valence-electron chi connectivity index (χ4n) is 6.79. The number of ketones is 1. The molecule has 2 saturated carbocycles. The van der Waals surface area contributed by atoms with Gasteiger partial charge in [-0.1, -0.05) is 32.9 Å². The molecule has 8 atom stereocenters. The Balaban J connectivity index is 0.00000256. The van der Waals surface area contributed by atoms with Gasteiger partial charge in [0.25, 0.3) is 0 Å². The molecule has 7 nitrogen and oxygen atoms in total. The Morgan fingerprint density at radius 2 is 1.90 bits per heavy atom. The molecule has 0 aliphatic heterocycles. The summed E-state index contributed by atoms with van der Waals surface area (Å²) in [5, 5.41) is 45.0. The molecule has 2 fully saturated rings. The maximum atomic E-state index is 12.9.